The number of alkyl halides is 3. The van der Waals surface area contributed by atoms with Crippen LogP contribution in [0.2, 0.25) is 0 Å². The molecule has 1 fully saturated rings. The maximum atomic E-state index is 12.7. The van der Waals surface area contributed by atoms with Crippen molar-refractivity contribution in [1.29, 1.82) is 0 Å². The highest BCUT2D eigenvalue weighted by Gasteiger charge is 2.35. The fourth-order valence-electron chi connectivity index (χ4n) is 3.09. The lowest BCUT2D eigenvalue weighted by Crippen LogP contribution is -2.56. The number of likely N-dealkylation sites (tertiary alicyclic amines) is 1. The van der Waals surface area contributed by atoms with Gasteiger partial charge in [-0.2, -0.15) is 18.3 Å². The highest BCUT2D eigenvalue weighted by Crippen LogP contribution is 2.29. The van der Waals surface area contributed by atoms with Gasteiger partial charge in [0.05, 0.1) is 41.8 Å². The van der Waals surface area contributed by atoms with Gasteiger partial charge >= 0.3 is 6.18 Å². The van der Waals surface area contributed by atoms with Crippen LogP contribution in [0.1, 0.15) is 21.6 Å². The Kier molecular flexibility index (Phi) is 4.73. The number of carbonyl (C=O) groups excluding carboxylic acids is 1. The summed E-state index contributed by atoms with van der Waals surface area (Å²) in [6, 6.07) is 11.6. The van der Waals surface area contributed by atoms with E-state index in [9.17, 15) is 18.0 Å². The van der Waals surface area contributed by atoms with Gasteiger partial charge in [-0.1, -0.05) is 18.2 Å². The van der Waals surface area contributed by atoms with E-state index >= 15 is 0 Å². The Balaban J connectivity index is 1.37. The van der Waals surface area contributed by atoms with Crippen LogP contribution in [0, 0.1) is 6.92 Å². The molecular formula is C20H17F3N4O2. The van der Waals surface area contributed by atoms with Crippen molar-refractivity contribution in [1.82, 2.24) is 19.7 Å². The number of hydrogen-bond acceptors (Lipinski definition) is 4. The molecule has 1 aromatic carbocycles. The number of rotatable bonds is 4. The molecule has 6 nitrogen and oxygen atoms in total. The summed E-state index contributed by atoms with van der Waals surface area (Å²) >= 11 is 0. The van der Waals surface area contributed by atoms with E-state index in [4.69, 9.17) is 4.74 Å². The lowest BCUT2D eigenvalue weighted by atomic mass is 10.1. The summed E-state index contributed by atoms with van der Waals surface area (Å²) < 4.78 is 45.0. The molecular weight excluding hydrogens is 385 g/mol. The van der Waals surface area contributed by atoms with Crippen LogP contribution in [0.5, 0.6) is 5.88 Å². The molecule has 0 radical (unpaired) electrons. The lowest BCUT2D eigenvalue weighted by molar-refractivity contribution is -0.137. The first-order valence-electron chi connectivity index (χ1n) is 8.92. The summed E-state index contributed by atoms with van der Waals surface area (Å²) in [6.45, 7) is 2.49. The van der Waals surface area contributed by atoms with Crippen LogP contribution in [-0.2, 0) is 6.18 Å². The van der Waals surface area contributed by atoms with Crippen molar-refractivity contribution >= 4 is 5.91 Å². The van der Waals surface area contributed by atoms with Crippen LogP contribution < -0.4 is 4.74 Å². The molecule has 0 aliphatic carbocycles. The summed E-state index contributed by atoms with van der Waals surface area (Å²) in [5, 5.41) is 4.30. The van der Waals surface area contributed by atoms with Gasteiger partial charge in [-0.3, -0.25) is 4.79 Å². The van der Waals surface area contributed by atoms with Gasteiger partial charge in [0, 0.05) is 12.3 Å². The van der Waals surface area contributed by atoms with Crippen molar-refractivity contribution in [3.05, 3.63) is 71.7 Å². The SMILES string of the molecule is Cc1c(C(=O)N2CC(Oc3ccc(C(F)(F)F)cn3)C2)cnn1-c1ccccc1. The average molecular weight is 402 g/mol. The monoisotopic (exact) mass is 402 g/mol. The number of hydrogen-bond donors (Lipinski definition) is 0. The Hall–Kier alpha value is -3.36. The molecule has 9 heteroatoms. The van der Waals surface area contributed by atoms with E-state index in [1.807, 2.05) is 37.3 Å². The van der Waals surface area contributed by atoms with Crippen molar-refractivity contribution in [3.63, 3.8) is 0 Å². The van der Waals surface area contributed by atoms with Gasteiger partial charge in [-0.15, -0.1) is 0 Å². The molecule has 1 aliphatic heterocycles. The van der Waals surface area contributed by atoms with Crippen LogP contribution in [0.25, 0.3) is 5.69 Å². The summed E-state index contributed by atoms with van der Waals surface area (Å²) in [4.78, 5) is 18.0. The second kappa shape index (κ2) is 7.23. The minimum absolute atomic E-state index is 0.100. The Morgan fingerprint density at radius 1 is 1.10 bits per heavy atom. The minimum atomic E-state index is -4.44. The molecule has 0 spiro atoms. The zero-order chi connectivity index (χ0) is 20.6. The molecule has 2 aromatic heterocycles. The average Bonchev–Trinajstić information content (AvgIpc) is 3.05. The van der Waals surface area contributed by atoms with Gasteiger partial charge in [-0.05, 0) is 25.1 Å². The summed E-state index contributed by atoms with van der Waals surface area (Å²) in [6.07, 6.45) is -2.48. The quantitative estimate of drug-likeness (QED) is 0.670. The standard InChI is InChI=1S/C20H17F3N4O2/c1-13-17(10-25-27(13)15-5-3-2-4-6-15)19(28)26-11-16(12-26)29-18-8-7-14(9-24-18)20(21,22)23/h2-10,16H,11-12H2,1H3. The fraction of sp³-hybridized carbons (Fsp3) is 0.250. The number of ether oxygens (including phenoxy) is 1. The van der Waals surface area contributed by atoms with Gasteiger partial charge in [0.15, 0.2) is 0 Å². The van der Waals surface area contributed by atoms with Crippen LogP contribution in [-0.4, -0.2) is 44.8 Å². The predicted octanol–water partition coefficient (Wildman–Crippen LogP) is 3.50. The number of nitrogens with zero attached hydrogens (tertiary/aromatic N) is 4. The van der Waals surface area contributed by atoms with Gasteiger partial charge in [0.25, 0.3) is 5.91 Å². The van der Waals surface area contributed by atoms with E-state index in [-0.39, 0.29) is 17.9 Å². The number of halogens is 3. The van der Waals surface area contributed by atoms with Crippen molar-refractivity contribution in [2.75, 3.05) is 13.1 Å². The first-order valence-corrected chi connectivity index (χ1v) is 8.92. The third-order valence-electron chi connectivity index (χ3n) is 4.73. The summed E-state index contributed by atoms with van der Waals surface area (Å²) in [5.41, 5.74) is 1.26. The molecule has 29 heavy (non-hydrogen) atoms. The number of aromatic nitrogens is 3. The second-order valence-corrected chi connectivity index (χ2v) is 6.72. The van der Waals surface area contributed by atoms with Crippen LogP contribution >= 0.6 is 0 Å². The summed E-state index contributed by atoms with van der Waals surface area (Å²) in [5.74, 6) is -0.0620. The van der Waals surface area contributed by atoms with Gasteiger partial charge in [-0.25, -0.2) is 9.67 Å². The minimum Gasteiger partial charge on any atom is -0.471 e. The van der Waals surface area contributed by atoms with Crippen molar-refractivity contribution in [2.24, 2.45) is 0 Å². The molecule has 0 bridgehead atoms. The maximum absolute atomic E-state index is 12.7. The molecule has 0 saturated carbocycles. The maximum Gasteiger partial charge on any atom is 0.417 e. The van der Waals surface area contributed by atoms with Gasteiger partial charge in [0.1, 0.15) is 6.10 Å². The van der Waals surface area contributed by atoms with Crippen molar-refractivity contribution in [2.45, 2.75) is 19.2 Å². The Morgan fingerprint density at radius 3 is 2.45 bits per heavy atom. The lowest BCUT2D eigenvalue weighted by Gasteiger charge is -2.38. The van der Waals surface area contributed by atoms with Crippen molar-refractivity contribution < 1.29 is 22.7 Å². The van der Waals surface area contributed by atoms with Crippen molar-refractivity contribution in [3.8, 4) is 11.6 Å². The van der Waals surface area contributed by atoms with E-state index < -0.39 is 11.7 Å². The zero-order valence-corrected chi connectivity index (χ0v) is 15.4. The second-order valence-electron chi connectivity index (χ2n) is 6.72. The van der Waals surface area contributed by atoms with Crippen LogP contribution in [0.4, 0.5) is 13.2 Å². The van der Waals surface area contributed by atoms with Crippen LogP contribution in [0.15, 0.2) is 54.9 Å². The molecule has 1 saturated heterocycles. The van der Waals surface area contributed by atoms with Gasteiger partial charge in [0.2, 0.25) is 5.88 Å². The number of benzene rings is 1. The predicted molar refractivity (Wildman–Crippen MR) is 97.9 cm³/mol. The highest BCUT2D eigenvalue weighted by molar-refractivity contribution is 5.95. The highest BCUT2D eigenvalue weighted by atomic mass is 19.4. The smallest absolute Gasteiger partial charge is 0.417 e. The molecule has 1 amide bonds. The summed E-state index contributed by atoms with van der Waals surface area (Å²) in [7, 11) is 0. The molecule has 0 atom stereocenters. The van der Waals surface area contributed by atoms with E-state index in [2.05, 4.69) is 10.1 Å². The third-order valence-corrected chi connectivity index (χ3v) is 4.73. The molecule has 4 rings (SSSR count). The molecule has 1 aliphatic rings. The Labute approximate surface area is 164 Å². The van der Waals surface area contributed by atoms with Gasteiger partial charge < -0.3 is 9.64 Å². The van der Waals surface area contributed by atoms with Crippen LogP contribution in [0.3, 0.4) is 0 Å². The topological polar surface area (TPSA) is 60.3 Å². The normalized spacial score (nSPS) is 14.6. The van der Waals surface area contributed by atoms with E-state index in [0.29, 0.717) is 18.7 Å². The first-order chi connectivity index (χ1) is 13.8. The number of carbonyl (C=O) groups is 1. The molecule has 0 N–H and O–H groups in total. The molecule has 3 aromatic rings. The van der Waals surface area contributed by atoms with E-state index in [1.165, 1.54) is 12.3 Å². The number of para-hydroxylation sites is 1. The Bertz CT molecular complexity index is 1010. The number of pyridine rings is 1. The fourth-order valence-corrected chi connectivity index (χ4v) is 3.09. The number of amides is 1. The third kappa shape index (κ3) is 3.80. The zero-order valence-electron chi connectivity index (χ0n) is 15.4. The molecule has 3 heterocycles. The van der Waals surface area contributed by atoms with E-state index in [1.54, 1.807) is 9.58 Å². The van der Waals surface area contributed by atoms with E-state index in [0.717, 1.165) is 23.6 Å². The molecule has 150 valence electrons. The Morgan fingerprint density at radius 2 is 1.83 bits per heavy atom. The first kappa shape index (κ1) is 19.0. The molecule has 0 unspecified atom stereocenters. The largest absolute Gasteiger partial charge is 0.471 e.